The maximum Gasteiger partial charge on any atom is 0.0702 e. The van der Waals surface area contributed by atoms with Gasteiger partial charge in [0.15, 0.2) is 0 Å². The average Bonchev–Trinajstić information content (AvgIpc) is 2.28. The fourth-order valence-electron chi connectivity index (χ4n) is 1.69. The predicted octanol–water partition coefficient (Wildman–Crippen LogP) is 3.08. The second kappa shape index (κ2) is 4.62. The molecule has 0 N–H and O–H groups in total. The van der Waals surface area contributed by atoms with Crippen molar-refractivity contribution in [2.24, 2.45) is 0 Å². The summed E-state index contributed by atoms with van der Waals surface area (Å²) in [6.07, 6.45) is 1.84. The van der Waals surface area contributed by atoms with E-state index in [0.29, 0.717) is 6.04 Å². The first-order valence-corrected chi connectivity index (χ1v) is 5.71. The minimum atomic E-state index is 0.574. The molecule has 0 saturated heterocycles. The van der Waals surface area contributed by atoms with Gasteiger partial charge in [-0.2, -0.15) is 0 Å². The summed E-state index contributed by atoms with van der Waals surface area (Å²) in [6, 6.07) is 11.2. The number of pyridine rings is 1. The molecule has 0 saturated carbocycles. The van der Waals surface area contributed by atoms with E-state index in [2.05, 4.69) is 55.0 Å². The minimum Gasteiger partial charge on any atom is -0.300 e. The maximum atomic E-state index is 4.32. The van der Waals surface area contributed by atoms with Gasteiger partial charge in [-0.1, -0.05) is 12.1 Å². The van der Waals surface area contributed by atoms with E-state index in [4.69, 9.17) is 0 Å². The van der Waals surface area contributed by atoms with Crippen LogP contribution >= 0.6 is 0 Å². The largest absolute Gasteiger partial charge is 0.300 e. The third kappa shape index (κ3) is 2.39. The Morgan fingerprint density at radius 1 is 1.25 bits per heavy atom. The topological polar surface area (TPSA) is 16.1 Å². The van der Waals surface area contributed by atoms with Gasteiger partial charge in [0.25, 0.3) is 0 Å². The smallest absolute Gasteiger partial charge is 0.0702 e. The van der Waals surface area contributed by atoms with Crippen LogP contribution in [0.25, 0.3) is 10.9 Å². The first-order chi connectivity index (χ1) is 7.66. The van der Waals surface area contributed by atoms with E-state index < -0.39 is 0 Å². The molecule has 0 amide bonds. The Kier molecular flexibility index (Phi) is 3.20. The molecule has 84 valence electrons. The Balaban J connectivity index is 2.26. The van der Waals surface area contributed by atoms with Gasteiger partial charge in [0.05, 0.1) is 5.52 Å². The van der Waals surface area contributed by atoms with Gasteiger partial charge in [0.2, 0.25) is 0 Å². The van der Waals surface area contributed by atoms with Gasteiger partial charge < -0.3 is 0 Å². The molecule has 0 atom stereocenters. The zero-order chi connectivity index (χ0) is 11.5. The van der Waals surface area contributed by atoms with Gasteiger partial charge in [-0.05, 0) is 44.7 Å². The molecule has 1 aromatic carbocycles. The summed E-state index contributed by atoms with van der Waals surface area (Å²) in [7, 11) is 2.15. The Morgan fingerprint density at radius 2 is 2.06 bits per heavy atom. The van der Waals surface area contributed by atoms with Crippen LogP contribution in [-0.4, -0.2) is 23.0 Å². The fourth-order valence-corrected chi connectivity index (χ4v) is 1.69. The van der Waals surface area contributed by atoms with Crippen molar-refractivity contribution in [3.05, 3.63) is 42.1 Å². The molecule has 1 heterocycles. The van der Waals surface area contributed by atoms with Crippen molar-refractivity contribution in [3.8, 4) is 0 Å². The highest BCUT2D eigenvalue weighted by atomic mass is 15.1. The highest BCUT2D eigenvalue weighted by Crippen LogP contribution is 2.15. The molecule has 0 radical (unpaired) electrons. The Bertz CT molecular complexity index is 477. The molecule has 2 rings (SSSR count). The molecule has 0 fully saturated rings. The van der Waals surface area contributed by atoms with Crippen molar-refractivity contribution < 1.29 is 0 Å². The summed E-state index contributed by atoms with van der Waals surface area (Å²) >= 11 is 0. The first kappa shape index (κ1) is 11.1. The second-order valence-electron chi connectivity index (χ2n) is 4.54. The average molecular weight is 214 g/mol. The summed E-state index contributed by atoms with van der Waals surface area (Å²) in [4.78, 5) is 6.65. The molecule has 0 bridgehead atoms. The van der Waals surface area contributed by atoms with Crippen molar-refractivity contribution in [2.75, 3.05) is 7.05 Å². The Hall–Kier alpha value is -1.41. The number of fused-ring (bicyclic) bond motifs is 1. The Labute approximate surface area is 96.9 Å². The van der Waals surface area contributed by atoms with E-state index in [9.17, 15) is 0 Å². The number of nitrogens with zero attached hydrogens (tertiary/aromatic N) is 2. The first-order valence-electron chi connectivity index (χ1n) is 5.71. The third-order valence-electron chi connectivity index (χ3n) is 2.98. The highest BCUT2D eigenvalue weighted by Gasteiger charge is 2.04. The van der Waals surface area contributed by atoms with Crippen LogP contribution in [-0.2, 0) is 6.54 Å². The van der Waals surface area contributed by atoms with Gasteiger partial charge >= 0.3 is 0 Å². The highest BCUT2D eigenvalue weighted by molar-refractivity contribution is 5.78. The van der Waals surface area contributed by atoms with Crippen LogP contribution in [0.1, 0.15) is 19.4 Å². The lowest BCUT2D eigenvalue weighted by molar-refractivity contribution is 0.266. The molecule has 0 unspecified atom stereocenters. The van der Waals surface area contributed by atoms with Crippen molar-refractivity contribution in [1.82, 2.24) is 9.88 Å². The van der Waals surface area contributed by atoms with E-state index in [-0.39, 0.29) is 0 Å². The lowest BCUT2D eigenvalue weighted by atomic mass is 10.1. The number of rotatable bonds is 3. The van der Waals surface area contributed by atoms with E-state index >= 15 is 0 Å². The molecule has 2 aromatic rings. The second-order valence-corrected chi connectivity index (χ2v) is 4.54. The zero-order valence-corrected chi connectivity index (χ0v) is 10.1. The summed E-state index contributed by atoms with van der Waals surface area (Å²) in [5, 5.41) is 1.22. The summed E-state index contributed by atoms with van der Waals surface area (Å²) in [5.74, 6) is 0. The van der Waals surface area contributed by atoms with Crippen LogP contribution in [0, 0.1) is 0 Å². The molecule has 2 nitrogen and oxygen atoms in total. The molecule has 16 heavy (non-hydrogen) atoms. The van der Waals surface area contributed by atoms with Gasteiger partial charge in [0.1, 0.15) is 0 Å². The summed E-state index contributed by atoms with van der Waals surface area (Å²) < 4.78 is 0. The minimum absolute atomic E-state index is 0.574. The van der Waals surface area contributed by atoms with Crippen LogP contribution in [0.4, 0.5) is 0 Å². The maximum absolute atomic E-state index is 4.32. The third-order valence-corrected chi connectivity index (χ3v) is 2.98. The summed E-state index contributed by atoms with van der Waals surface area (Å²) in [6.45, 7) is 5.41. The fraction of sp³-hybridized carbons (Fsp3) is 0.357. The number of benzene rings is 1. The molecule has 0 aliphatic rings. The predicted molar refractivity (Wildman–Crippen MR) is 68.3 cm³/mol. The van der Waals surface area contributed by atoms with E-state index in [1.165, 1.54) is 10.9 Å². The van der Waals surface area contributed by atoms with E-state index in [1.54, 1.807) is 0 Å². The number of hydrogen-bond donors (Lipinski definition) is 0. The van der Waals surface area contributed by atoms with Crippen LogP contribution in [0.2, 0.25) is 0 Å². The van der Waals surface area contributed by atoms with Crippen LogP contribution in [0.15, 0.2) is 36.5 Å². The van der Waals surface area contributed by atoms with Crippen molar-refractivity contribution in [2.45, 2.75) is 26.4 Å². The van der Waals surface area contributed by atoms with Gasteiger partial charge in [0, 0.05) is 24.2 Å². The van der Waals surface area contributed by atoms with Crippen molar-refractivity contribution in [3.63, 3.8) is 0 Å². The van der Waals surface area contributed by atoms with Crippen molar-refractivity contribution in [1.29, 1.82) is 0 Å². The summed E-state index contributed by atoms with van der Waals surface area (Å²) in [5.41, 5.74) is 2.41. The Morgan fingerprint density at radius 3 is 2.81 bits per heavy atom. The molecule has 1 aromatic heterocycles. The van der Waals surface area contributed by atoms with Gasteiger partial charge in [-0.3, -0.25) is 9.88 Å². The molecule has 0 aliphatic carbocycles. The van der Waals surface area contributed by atoms with Crippen LogP contribution < -0.4 is 0 Å². The normalized spacial score (nSPS) is 11.6. The molecular weight excluding hydrogens is 196 g/mol. The quantitative estimate of drug-likeness (QED) is 0.780. The number of hydrogen-bond acceptors (Lipinski definition) is 2. The molecule has 0 spiro atoms. The lowest BCUT2D eigenvalue weighted by Crippen LogP contribution is -2.25. The van der Waals surface area contributed by atoms with Gasteiger partial charge in [-0.15, -0.1) is 0 Å². The number of aromatic nitrogens is 1. The molecule has 0 aliphatic heterocycles. The van der Waals surface area contributed by atoms with E-state index in [1.807, 2.05) is 12.3 Å². The molecular formula is C14H18N2. The zero-order valence-electron chi connectivity index (χ0n) is 10.1. The van der Waals surface area contributed by atoms with Gasteiger partial charge in [-0.25, -0.2) is 0 Å². The lowest BCUT2D eigenvalue weighted by Gasteiger charge is -2.21. The van der Waals surface area contributed by atoms with Crippen LogP contribution in [0.5, 0.6) is 0 Å². The molecule has 2 heteroatoms. The van der Waals surface area contributed by atoms with Crippen molar-refractivity contribution >= 4 is 10.9 Å². The standard InChI is InChI=1S/C14H18N2/c1-11(2)16(3)10-12-6-7-14-13(9-12)5-4-8-15-14/h4-9,11H,10H2,1-3H3. The SMILES string of the molecule is CC(C)N(C)Cc1ccc2ncccc2c1. The van der Waals surface area contributed by atoms with E-state index in [0.717, 1.165) is 12.1 Å². The van der Waals surface area contributed by atoms with Crippen LogP contribution in [0.3, 0.4) is 0 Å². The monoisotopic (exact) mass is 214 g/mol.